The highest BCUT2D eigenvalue weighted by molar-refractivity contribution is 9.10. The molecule has 1 heterocycles. The zero-order valence-corrected chi connectivity index (χ0v) is 15.1. The second kappa shape index (κ2) is 5.98. The van der Waals surface area contributed by atoms with Crippen molar-refractivity contribution in [1.29, 1.82) is 0 Å². The number of rotatable bonds is 4. The van der Waals surface area contributed by atoms with Crippen molar-refractivity contribution in [1.82, 2.24) is 5.32 Å². The van der Waals surface area contributed by atoms with Crippen molar-refractivity contribution >= 4 is 15.9 Å². The summed E-state index contributed by atoms with van der Waals surface area (Å²) in [7, 11) is 0. The predicted octanol–water partition coefficient (Wildman–Crippen LogP) is 4.83. The van der Waals surface area contributed by atoms with Crippen molar-refractivity contribution in [2.75, 3.05) is 6.54 Å². The monoisotopic (exact) mass is 357 g/mol. The van der Waals surface area contributed by atoms with Crippen LogP contribution in [0, 0.1) is 11.7 Å². The van der Waals surface area contributed by atoms with Gasteiger partial charge in [-0.2, -0.15) is 0 Å². The second-order valence-corrected chi connectivity index (χ2v) is 7.84. The van der Waals surface area contributed by atoms with Gasteiger partial charge in [-0.15, -0.1) is 0 Å². The van der Waals surface area contributed by atoms with Gasteiger partial charge in [0, 0.05) is 12.0 Å². The average molecular weight is 358 g/mol. The van der Waals surface area contributed by atoms with Gasteiger partial charge in [0.15, 0.2) is 0 Å². The molecule has 1 saturated heterocycles. The summed E-state index contributed by atoms with van der Waals surface area (Å²) >= 11 is 3.29. The summed E-state index contributed by atoms with van der Waals surface area (Å²) in [5.41, 5.74) is 0.764. The van der Waals surface area contributed by atoms with Gasteiger partial charge < -0.3 is 10.1 Å². The molecule has 1 aromatic carbocycles. The highest BCUT2D eigenvalue weighted by Gasteiger charge is 2.49. The highest BCUT2D eigenvalue weighted by Crippen LogP contribution is 2.47. The van der Waals surface area contributed by atoms with E-state index in [0.29, 0.717) is 10.4 Å². The second-order valence-electron chi connectivity index (χ2n) is 6.98. The lowest BCUT2D eigenvalue weighted by Crippen LogP contribution is -2.38. The molecule has 2 nitrogen and oxygen atoms in total. The molecule has 1 N–H and O–H groups in total. The van der Waals surface area contributed by atoms with Crippen molar-refractivity contribution in [3.05, 3.63) is 34.1 Å². The first kappa shape index (κ1) is 16.9. The molecule has 1 aliphatic heterocycles. The Morgan fingerprint density at radius 2 is 2.05 bits per heavy atom. The minimum absolute atomic E-state index is 0.126. The normalized spacial score (nSPS) is 25.0. The van der Waals surface area contributed by atoms with Gasteiger partial charge in [-0.25, -0.2) is 4.39 Å². The third kappa shape index (κ3) is 3.66. The molecule has 1 aliphatic rings. The molecular weight excluding hydrogens is 333 g/mol. The van der Waals surface area contributed by atoms with Crippen molar-refractivity contribution in [2.45, 2.75) is 58.3 Å². The minimum atomic E-state index is -0.226. The van der Waals surface area contributed by atoms with Gasteiger partial charge in [0.1, 0.15) is 5.82 Å². The maximum Gasteiger partial charge on any atom is 0.137 e. The average Bonchev–Trinajstić information content (AvgIpc) is 2.58. The maximum absolute atomic E-state index is 13.5. The van der Waals surface area contributed by atoms with Crippen LogP contribution in [0.15, 0.2) is 22.7 Å². The molecule has 2 rings (SSSR count). The van der Waals surface area contributed by atoms with Gasteiger partial charge >= 0.3 is 0 Å². The van der Waals surface area contributed by atoms with Gasteiger partial charge in [-0.1, -0.05) is 13.0 Å². The summed E-state index contributed by atoms with van der Waals surface area (Å²) in [5.74, 6) is 0.112. The van der Waals surface area contributed by atoms with Gasteiger partial charge in [-0.3, -0.25) is 0 Å². The molecule has 1 fully saturated rings. The number of hydrogen-bond donors (Lipinski definition) is 1. The fourth-order valence-electron chi connectivity index (χ4n) is 3.54. The number of halogens is 2. The minimum Gasteiger partial charge on any atom is -0.369 e. The number of benzene rings is 1. The van der Waals surface area contributed by atoms with E-state index in [0.717, 1.165) is 18.5 Å². The molecule has 0 radical (unpaired) electrons. The van der Waals surface area contributed by atoms with E-state index in [1.807, 2.05) is 12.1 Å². The molecule has 4 heteroatoms. The van der Waals surface area contributed by atoms with E-state index in [-0.39, 0.29) is 23.1 Å². The third-order valence-corrected chi connectivity index (χ3v) is 4.88. The molecule has 0 aliphatic carbocycles. The SMILES string of the molecule is CCNC(c1ccc(F)c(Br)c1)C1CC(C)(C)OC1(C)C. The van der Waals surface area contributed by atoms with E-state index >= 15 is 0 Å². The number of ether oxygens (including phenoxy) is 1. The van der Waals surface area contributed by atoms with Crippen LogP contribution in [0.1, 0.15) is 52.6 Å². The van der Waals surface area contributed by atoms with E-state index in [1.165, 1.54) is 6.07 Å². The van der Waals surface area contributed by atoms with Crippen molar-refractivity contribution in [2.24, 2.45) is 5.92 Å². The Hall–Kier alpha value is -0.450. The van der Waals surface area contributed by atoms with Crippen LogP contribution < -0.4 is 5.32 Å². The third-order valence-electron chi connectivity index (χ3n) is 4.27. The molecule has 2 atom stereocenters. The predicted molar refractivity (Wildman–Crippen MR) is 87.9 cm³/mol. The quantitative estimate of drug-likeness (QED) is 0.832. The lowest BCUT2D eigenvalue weighted by molar-refractivity contribution is -0.0778. The van der Waals surface area contributed by atoms with E-state index in [1.54, 1.807) is 0 Å². The Kier molecular flexibility index (Phi) is 4.81. The van der Waals surface area contributed by atoms with Crippen LogP contribution in [0.25, 0.3) is 0 Å². The summed E-state index contributed by atoms with van der Waals surface area (Å²) in [6.45, 7) is 11.5. The summed E-state index contributed by atoms with van der Waals surface area (Å²) in [4.78, 5) is 0. The first-order chi connectivity index (χ1) is 9.66. The van der Waals surface area contributed by atoms with Gasteiger partial charge in [-0.05, 0) is 74.3 Å². The molecule has 0 saturated carbocycles. The number of nitrogens with one attached hydrogen (secondary N) is 1. The molecule has 1 aromatic rings. The van der Waals surface area contributed by atoms with Crippen molar-refractivity contribution < 1.29 is 9.13 Å². The molecule has 0 amide bonds. The fourth-order valence-corrected chi connectivity index (χ4v) is 3.94. The summed E-state index contributed by atoms with van der Waals surface area (Å²) < 4.78 is 20.2. The lowest BCUT2D eigenvalue weighted by atomic mass is 9.79. The Morgan fingerprint density at radius 1 is 1.38 bits per heavy atom. The fraction of sp³-hybridized carbons (Fsp3) is 0.647. The van der Waals surface area contributed by atoms with Crippen molar-refractivity contribution in [3.63, 3.8) is 0 Å². The molecule has 0 bridgehead atoms. The van der Waals surface area contributed by atoms with Crippen LogP contribution in [0.3, 0.4) is 0 Å². The smallest absolute Gasteiger partial charge is 0.137 e. The molecule has 2 unspecified atom stereocenters. The van der Waals surface area contributed by atoms with Crippen LogP contribution in [-0.2, 0) is 4.74 Å². The Balaban J connectivity index is 2.36. The summed E-state index contributed by atoms with van der Waals surface area (Å²) in [5, 5.41) is 3.56. The number of hydrogen-bond acceptors (Lipinski definition) is 2. The first-order valence-corrected chi connectivity index (χ1v) is 8.34. The van der Waals surface area contributed by atoms with Crippen LogP contribution in [0.2, 0.25) is 0 Å². The first-order valence-electron chi connectivity index (χ1n) is 7.55. The Morgan fingerprint density at radius 3 is 2.52 bits per heavy atom. The van der Waals surface area contributed by atoms with Gasteiger partial charge in [0.25, 0.3) is 0 Å². The zero-order chi connectivity index (χ0) is 15.8. The maximum atomic E-state index is 13.5. The van der Waals surface area contributed by atoms with Gasteiger partial charge in [0.05, 0.1) is 15.7 Å². The zero-order valence-electron chi connectivity index (χ0n) is 13.5. The van der Waals surface area contributed by atoms with Crippen LogP contribution in [0.4, 0.5) is 4.39 Å². The molecule has 0 aromatic heterocycles. The topological polar surface area (TPSA) is 21.3 Å². The molecule has 21 heavy (non-hydrogen) atoms. The molecule has 118 valence electrons. The van der Waals surface area contributed by atoms with E-state index in [4.69, 9.17) is 4.74 Å². The standard InChI is InChI=1S/C17H25BrFNO/c1-6-20-15(11-7-8-14(19)13(18)9-11)12-10-16(2,3)21-17(12,4)5/h7-9,12,15,20H,6,10H2,1-5H3. The Bertz CT molecular complexity index is 516. The highest BCUT2D eigenvalue weighted by atomic mass is 79.9. The van der Waals surface area contributed by atoms with Crippen molar-refractivity contribution in [3.8, 4) is 0 Å². The van der Waals surface area contributed by atoms with Crippen LogP contribution in [0.5, 0.6) is 0 Å². The van der Waals surface area contributed by atoms with E-state index in [2.05, 4.69) is 55.9 Å². The molecular formula is C17H25BrFNO. The van der Waals surface area contributed by atoms with E-state index < -0.39 is 0 Å². The lowest BCUT2D eigenvalue weighted by Gasteiger charge is -2.34. The molecule has 0 spiro atoms. The summed E-state index contributed by atoms with van der Waals surface area (Å²) in [6.07, 6.45) is 0.979. The van der Waals surface area contributed by atoms with Crippen LogP contribution >= 0.6 is 15.9 Å². The van der Waals surface area contributed by atoms with E-state index in [9.17, 15) is 4.39 Å². The van der Waals surface area contributed by atoms with Gasteiger partial charge in [0.2, 0.25) is 0 Å². The van der Waals surface area contributed by atoms with Crippen LogP contribution in [-0.4, -0.2) is 17.7 Å². The largest absolute Gasteiger partial charge is 0.369 e. The summed E-state index contributed by atoms with van der Waals surface area (Å²) in [6, 6.07) is 5.43. The Labute approximate surface area is 135 Å².